The topological polar surface area (TPSA) is 67.5 Å². The molecule has 1 aliphatic heterocycles. The quantitative estimate of drug-likeness (QED) is 0.807. The molecule has 0 bridgehead atoms. The molecule has 0 unspecified atom stereocenters. The lowest BCUT2D eigenvalue weighted by molar-refractivity contribution is 0.112. The van der Waals surface area contributed by atoms with E-state index in [1.807, 2.05) is 13.8 Å². The van der Waals surface area contributed by atoms with Crippen molar-refractivity contribution in [2.24, 2.45) is 4.99 Å². The standard InChI is InChI=1S/C16H12ClN3O2/c1-16(2)20-14(21-15-12(17)4-3-7-19-15)11-8-10(9-18)5-6-13(11)22-16/h3-8H,1-2H3. The molecule has 0 saturated heterocycles. The molecule has 1 aromatic carbocycles. The smallest absolute Gasteiger partial charge is 0.240 e. The first-order valence-corrected chi connectivity index (χ1v) is 6.98. The molecule has 2 aromatic rings. The van der Waals surface area contributed by atoms with Gasteiger partial charge in [0.25, 0.3) is 0 Å². The van der Waals surface area contributed by atoms with Crippen LogP contribution in [0.1, 0.15) is 25.0 Å². The molecule has 0 aliphatic carbocycles. The molecule has 0 atom stereocenters. The summed E-state index contributed by atoms with van der Waals surface area (Å²) in [7, 11) is 0. The summed E-state index contributed by atoms with van der Waals surface area (Å²) in [5.41, 5.74) is 0.308. The molecule has 1 aromatic heterocycles. The zero-order valence-electron chi connectivity index (χ0n) is 12.0. The van der Waals surface area contributed by atoms with E-state index < -0.39 is 5.72 Å². The number of fused-ring (bicyclic) bond motifs is 1. The monoisotopic (exact) mass is 313 g/mol. The van der Waals surface area contributed by atoms with Gasteiger partial charge in [-0.05, 0) is 44.2 Å². The Balaban J connectivity index is 2.07. The van der Waals surface area contributed by atoms with Crippen molar-refractivity contribution in [1.29, 1.82) is 5.26 Å². The number of halogens is 1. The van der Waals surface area contributed by atoms with E-state index in [0.29, 0.717) is 27.8 Å². The molecule has 1 aliphatic rings. The lowest BCUT2D eigenvalue weighted by atomic mass is 10.1. The summed E-state index contributed by atoms with van der Waals surface area (Å²) in [4.78, 5) is 8.53. The van der Waals surface area contributed by atoms with Crippen LogP contribution in [0.3, 0.4) is 0 Å². The number of nitriles is 1. The van der Waals surface area contributed by atoms with Gasteiger partial charge in [-0.15, -0.1) is 0 Å². The van der Waals surface area contributed by atoms with Gasteiger partial charge in [0, 0.05) is 6.20 Å². The lowest BCUT2D eigenvalue weighted by Crippen LogP contribution is -2.34. The second kappa shape index (κ2) is 5.32. The van der Waals surface area contributed by atoms with Gasteiger partial charge in [-0.1, -0.05) is 11.6 Å². The maximum Gasteiger partial charge on any atom is 0.240 e. The average molecular weight is 314 g/mol. The van der Waals surface area contributed by atoms with Crippen LogP contribution in [0.15, 0.2) is 41.5 Å². The molecule has 0 saturated carbocycles. The molecule has 6 heteroatoms. The molecule has 5 nitrogen and oxygen atoms in total. The highest BCUT2D eigenvalue weighted by Crippen LogP contribution is 2.32. The predicted molar refractivity (Wildman–Crippen MR) is 82.3 cm³/mol. The summed E-state index contributed by atoms with van der Waals surface area (Å²) in [5.74, 6) is 1.18. The first kappa shape index (κ1) is 14.4. The fraction of sp³-hybridized carbons (Fsp3) is 0.188. The summed E-state index contributed by atoms with van der Waals surface area (Å²) in [5, 5.41) is 9.44. The third-order valence-corrected chi connectivity index (χ3v) is 3.28. The zero-order chi connectivity index (χ0) is 15.7. The van der Waals surface area contributed by atoms with Crippen molar-refractivity contribution >= 4 is 17.5 Å². The minimum absolute atomic E-state index is 0.258. The Labute approximate surface area is 132 Å². The van der Waals surface area contributed by atoms with E-state index in [4.69, 9.17) is 26.3 Å². The van der Waals surface area contributed by atoms with E-state index in [2.05, 4.69) is 16.0 Å². The number of rotatable bonds is 1. The van der Waals surface area contributed by atoms with Crippen molar-refractivity contribution in [3.05, 3.63) is 52.7 Å². The predicted octanol–water partition coefficient (Wildman–Crippen LogP) is 3.56. The van der Waals surface area contributed by atoms with Crippen LogP contribution in [0.5, 0.6) is 11.6 Å². The number of hydrogen-bond acceptors (Lipinski definition) is 5. The number of pyridine rings is 1. The highest BCUT2D eigenvalue weighted by Gasteiger charge is 2.30. The van der Waals surface area contributed by atoms with Gasteiger partial charge in [0.15, 0.2) is 5.72 Å². The van der Waals surface area contributed by atoms with Gasteiger partial charge in [-0.2, -0.15) is 5.26 Å². The van der Waals surface area contributed by atoms with Crippen molar-refractivity contribution in [1.82, 2.24) is 4.98 Å². The number of nitrogens with zero attached hydrogens (tertiary/aromatic N) is 3. The highest BCUT2D eigenvalue weighted by molar-refractivity contribution is 6.32. The van der Waals surface area contributed by atoms with E-state index in [0.717, 1.165) is 0 Å². The van der Waals surface area contributed by atoms with Crippen LogP contribution >= 0.6 is 11.6 Å². The molecular weight excluding hydrogens is 302 g/mol. The van der Waals surface area contributed by atoms with Gasteiger partial charge >= 0.3 is 0 Å². The molecule has 110 valence electrons. The number of hydrogen-bond donors (Lipinski definition) is 0. The van der Waals surface area contributed by atoms with Crippen molar-refractivity contribution in [3.8, 4) is 17.7 Å². The van der Waals surface area contributed by atoms with Crippen LogP contribution in [-0.2, 0) is 0 Å². The van der Waals surface area contributed by atoms with E-state index in [9.17, 15) is 0 Å². The van der Waals surface area contributed by atoms with Gasteiger partial charge in [-0.25, -0.2) is 9.98 Å². The van der Waals surface area contributed by atoms with Crippen molar-refractivity contribution in [2.45, 2.75) is 19.6 Å². The molecule has 2 heterocycles. The Hall–Kier alpha value is -2.58. The Bertz CT molecular complexity index is 809. The van der Waals surface area contributed by atoms with Crippen LogP contribution in [0.25, 0.3) is 0 Å². The molecule has 0 amide bonds. The second-order valence-electron chi connectivity index (χ2n) is 5.18. The minimum Gasteiger partial charge on any atom is -0.466 e. The molecule has 22 heavy (non-hydrogen) atoms. The fourth-order valence-electron chi connectivity index (χ4n) is 2.07. The van der Waals surface area contributed by atoms with Crippen LogP contribution < -0.4 is 9.47 Å². The Kier molecular flexibility index (Phi) is 3.47. The van der Waals surface area contributed by atoms with Crippen molar-refractivity contribution < 1.29 is 9.47 Å². The minimum atomic E-state index is -0.780. The van der Waals surface area contributed by atoms with E-state index >= 15 is 0 Å². The zero-order valence-corrected chi connectivity index (χ0v) is 12.8. The van der Waals surface area contributed by atoms with Gasteiger partial charge in [0.05, 0.1) is 17.2 Å². The Morgan fingerprint density at radius 3 is 2.86 bits per heavy atom. The summed E-state index contributed by atoms with van der Waals surface area (Å²) in [6.45, 7) is 3.63. The second-order valence-corrected chi connectivity index (χ2v) is 5.59. The third kappa shape index (κ3) is 2.74. The molecule has 0 radical (unpaired) electrons. The first-order chi connectivity index (χ1) is 10.5. The molecular formula is C16H12ClN3O2. The number of benzene rings is 1. The lowest BCUT2D eigenvalue weighted by Gasteiger charge is -2.29. The first-order valence-electron chi connectivity index (χ1n) is 6.60. The summed E-state index contributed by atoms with van der Waals surface area (Å²) >= 11 is 6.07. The summed E-state index contributed by atoms with van der Waals surface area (Å²) in [6, 6.07) is 10.6. The maximum absolute atomic E-state index is 9.06. The van der Waals surface area contributed by atoms with Gasteiger partial charge in [-0.3, -0.25) is 0 Å². The molecule has 0 N–H and O–H groups in total. The van der Waals surface area contributed by atoms with Gasteiger partial charge in [0.1, 0.15) is 10.8 Å². The number of aliphatic imine (C=N–C) groups is 1. The van der Waals surface area contributed by atoms with Crippen LogP contribution in [-0.4, -0.2) is 16.6 Å². The SMILES string of the molecule is CC1(C)N=C(Oc2ncccc2Cl)c2cc(C#N)ccc2O1. The van der Waals surface area contributed by atoms with Crippen LogP contribution in [0.4, 0.5) is 0 Å². The van der Waals surface area contributed by atoms with Crippen LogP contribution in [0, 0.1) is 11.3 Å². The number of ether oxygens (including phenoxy) is 2. The van der Waals surface area contributed by atoms with Gasteiger partial charge < -0.3 is 9.47 Å². The average Bonchev–Trinajstić information content (AvgIpc) is 2.48. The maximum atomic E-state index is 9.06. The van der Waals surface area contributed by atoms with E-state index in [1.165, 1.54) is 0 Å². The fourth-order valence-corrected chi connectivity index (χ4v) is 2.23. The van der Waals surface area contributed by atoms with Gasteiger partial charge in [0.2, 0.25) is 11.8 Å². The Morgan fingerprint density at radius 1 is 1.32 bits per heavy atom. The third-order valence-electron chi connectivity index (χ3n) is 2.99. The largest absolute Gasteiger partial charge is 0.466 e. The van der Waals surface area contributed by atoms with Crippen LogP contribution in [0.2, 0.25) is 5.02 Å². The van der Waals surface area contributed by atoms with Crippen molar-refractivity contribution in [2.75, 3.05) is 0 Å². The summed E-state index contributed by atoms with van der Waals surface area (Å²) < 4.78 is 11.6. The highest BCUT2D eigenvalue weighted by atomic mass is 35.5. The molecule has 0 spiro atoms. The Morgan fingerprint density at radius 2 is 2.14 bits per heavy atom. The molecule has 3 rings (SSSR count). The van der Waals surface area contributed by atoms with Crippen molar-refractivity contribution in [3.63, 3.8) is 0 Å². The number of aromatic nitrogens is 1. The van der Waals surface area contributed by atoms with E-state index in [-0.39, 0.29) is 5.88 Å². The molecule has 0 fully saturated rings. The van der Waals surface area contributed by atoms with E-state index in [1.54, 1.807) is 36.5 Å². The summed E-state index contributed by atoms with van der Waals surface area (Å²) in [6.07, 6.45) is 1.58. The normalized spacial score (nSPS) is 15.1.